The van der Waals surface area contributed by atoms with Gasteiger partial charge in [0, 0.05) is 16.3 Å². The number of nitrogens with one attached hydrogen (secondary N) is 1. The third-order valence-corrected chi connectivity index (χ3v) is 2.84. The lowest BCUT2D eigenvalue weighted by molar-refractivity contribution is 0.628. The Balaban J connectivity index is 2.23. The maximum absolute atomic E-state index is 12.8. The van der Waals surface area contributed by atoms with Crippen LogP contribution in [0.4, 0.5) is 10.1 Å². The van der Waals surface area contributed by atoms with Gasteiger partial charge in [-0.1, -0.05) is 29.8 Å². The van der Waals surface area contributed by atoms with E-state index < -0.39 is 6.04 Å². The van der Waals surface area contributed by atoms with Gasteiger partial charge in [-0.15, -0.1) is 0 Å². The third-order valence-electron chi connectivity index (χ3n) is 2.50. The van der Waals surface area contributed by atoms with E-state index in [0.717, 1.165) is 0 Å². The molecule has 0 amide bonds. The number of hydrogen-bond acceptors (Lipinski definition) is 2. The molecule has 2 rings (SSSR count). The lowest BCUT2D eigenvalue weighted by atomic mass is 10.1. The normalized spacial score (nSPS) is 11.6. The maximum Gasteiger partial charge on any atom is 0.141 e. The summed E-state index contributed by atoms with van der Waals surface area (Å²) in [5.41, 5.74) is 1.37. The first-order valence-electron chi connectivity index (χ1n) is 5.37. The molecule has 18 heavy (non-hydrogen) atoms. The first kappa shape index (κ1) is 12.4. The molecule has 0 fully saturated rings. The summed E-state index contributed by atoms with van der Waals surface area (Å²) in [6.45, 7) is 0. The van der Waals surface area contributed by atoms with Gasteiger partial charge in [-0.25, -0.2) is 4.39 Å². The maximum atomic E-state index is 12.8. The minimum atomic E-state index is -0.566. The molecule has 0 aromatic heterocycles. The minimum absolute atomic E-state index is 0.313. The molecule has 0 aliphatic carbocycles. The van der Waals surface area contributed by atoms with E-state index in [9.17, 15) is 9.65 Å². The van der Waals surface area contributed by atoms with Crippen molar-refractivity contribution in [2.24, 2.45) is 0 Å². The fraction of sp³-hybridized carbons (Fsp3) is 0.0714. The van der Waals surface area contributed by atoms with Crippen molar-refractivity contribution in [3.05, 3.63) is 64.9 Å². The van der Waals surface area contributed by atoms with E-state index in [2.05, 4.69) is 11.4 Å². The van der Waals surface area contributed by atoms with Crippen molar-refractivity contribution >= 4 is 17.3 Å². The number of halogens is 2. The van der Waals surface area contributed by atoms with Crippen molar-refractivity contribution in [3.63, 3.8) is 0 Å². The first-order valence-corrected chi connectivity index (χ1v) is 5.74. The van der Waals surface area contributed by atoms with E-state index in [1.54, 1.807) is 30.3 Å². The number of nitrogens with zero attached hydrogens (tertiary/aromatic N) is 1. The van der Waals surface area contributed by atoms with Crippen LogP contribution < -0.4 is 5.32 Å². The molecule has 2 nitrogen and oxygen atoms in total. The standard InChI is InChI=1S/C14H10ClFN2/c15-13-4-2-1-3-12(13)14(9-17)18-11-7-5-10(16)6-8-11/h1-8,14,18H. The van der Waals surface area contributed by atoms with Crippen LogP contribution in [0.5, 0.6) is 0 Å². The third kappa shape index (κ3) is 2.79. The van der Waals surface area contributed by atoms with Crippen LogP contribution in [0, 0.1) is 17.1 Å². The van der Waals surface area contributed by atoms with Gasteiger partial charge in [0.05, 0.1) is 6.07 Å². The van der Waals surface area contributed by atoms with Gasteiger partial charge in [0.25, 0.3) is 0 Å². The molecular formula is C14H10ClFN2. The molecule has 1 unspecified atom stereocenters. The Hall–Kier alpha value is -2.05. The van der Waals surface area contributed by atoms with Crippen LogP contribution in [-0.4, -0.2) is 0 Å². The summed E-state index contributed by atoms with van der Waals surface area (Å²) in [5, 5.41) is 12.7. The lowest BCUT2D eigenvalue weighted by Crippen LogP contribution is -2.08. The van der Waals surface area contributed by atoms with Crippen LogP contribution >= 0.6 is 11.6 Å². The molecule has 0 aliphatic heterocycles. The lowest BCUT2D eigenvalue weighted by Gasteiger charge is -2.14. The predicted molar refractivity (Wildman–Crippen MR) is 69.8 cm³/mol. The zero-order valence-corrected chi connectivity index (χ0v) is 10.2. The topological polar surface area (TPSA) is 35.8 Å². The summed E-state index contributed by atoms with van der Waals surface area (Å²) in [6, 6.07) is 14.5. The Labute approximate surface area is 110 Å². The van der Waals surface area contributed by atoms with Crippen molar-refractivity contribution in [1.29, 1.82) is 5.26 Å². The summed E-state index contributed by atoms with van der Waals surface area (Å²) < 4.78 is 12.8. The molecule has 0 aliphatic rings. The second-order valence-corrected chi connectivity index (χ2v) is 4.14. The number of hydrogen-bond donors (Lipinski definition) is 1. The van der Waals surface area contributed by atoms with E-state index >= 15 is 0 Å². The molecule has 4 heteroatoms. The largest absolute Gasteiger partial charge is 0.366 e. The zero-order valence-electron chi connectivity index (χ0n) is 9.40. The number of anilines is 1. The van der Waals surface area contributed by atoms with E-state index in [0.29, 0.717) is 16.3 Å². The van der Waals surface area contributed by atoms with E-state index in [-0.39, 0.29) is 5.82 Å². The summed E-state index contributed by atoms with van der Waals surface area (Å²) in [5.74, 6) is -0.313. The average Bonchev–Trinajstić information content (AvgIpc) is 2.39. The number of benzene rings is 2. The molecule has 2 aromatic rings. The van der Waals surface area contributed by atoms with Gasteiger partial charge in [0.2, 0.25) is 0 Å². The van der Waals surface area contributed by atoms with E-state index in [4.69, 9.17) is 11.6 Å². The van der Waals surface area contributed by atoms with Gasteiger partial charge in [0.1, 0.15) is 11.9 Å². The first-order chi connectivity index (χ1) is 8.70. The van der Waals surface area contributed by atoms with Crippen molar-refractivity contribution in [1.82, 2.24) is 0 Å². The second kappa shape index (κ2) is 5.52. The number of nitriles is 1. The molecule has 1 N–H and O–H groups in total. The summed E-state index contributed by atoms with van der Waals surface area (Å²) in [4.78, 5) is 0. The minimum Gasteiger partial charge on any atom is -0.366 e. The van der Waals surface area contributed by atoms with Crippen molar-refractivity contribution < 1.29 is 4.39 Å². The highest BCUT2D eigenvalue weighted by molar-refractivity contribution is 6.31. The van der Waals surface area contributed by atoms with E-state index in [1.807, 2.05) is 6.07 Å². The van der Waals surface area contributed by atoms with Gasteiger partial charge in [0.15, 0.2) is 0 Å². The van der Waals surface area contributed by atoms with Crippen molar-refractivity contribution in [3.8, 4) is 6.07 Å². The van der Waals surface area contributed by atoms with Gasteiger partial charge in [-0.3, -0.25) is 0 Å². The molecule has 0 spiro atoms. The molecule has 0 bridgehead atoms. The van der Waals surface area contributed by atoms with Crippen LogP contribution in [0.3, 0.4) is 0 Å². The highest BCUT2D eigenvalue weighted by Gasteiger charge is 2.13. The summed E-state index contributed by atoms with van der Waals surface area (Å²) in [7, 11) is 0. The van der Waals surface area contributed by atoms with Crippen molar-refractivity contribution in [2.75, 3.05) is 5.32 Å². The predicted octanol–water partition coefficient (Wildman–Crippen LogP) is 4.16. The van der Waals surface area contributed by atoms with Gasteiger partial charge in [-0.2, -0.15) is 5.26 Å². The average molecular weight is 261 g/mol. The zero-order chi connectivity index (χ0) is 13.0. The molecule has 2 aromatic carbocycles. The molecule has 90 valence electrons. The molecular weight excluding hydrogens is 251 g/mol. The molecule has 1 atom stereocenters. The van der Waals surface area contributed by atoms with Crippen LogP contribution in [0.15, 0.2) is 48.5 Å². The Bertz CT molecular complexity index is 575. The van der Waals surface area contributed by atoms with Gasteiger partial charge >= 0.3 is 0 Å². The van der Waals surface area contributed by atoms with Crippen molar-refractivity contribution in [2.45, 2.75) is 6.04 Å². The Morgan fingerprint density at radius 3 is 2.39 bits per heavy atom. The van der Waals surface area contributed by atoms with E-state index in [1.165, 1.54) is 12.1 Å². The van der Waals surface area contributed by atoms with Crippen LogP contribution in [-0.2, 0) is 0 Å². The van der Waals surface area contributed by atoms with Gasteiger partial charge in [-0.05, 0) is 30.3 Å². The summed E-state index contributed by atoms with van der Waals surface area (Å²) >= 11 is 6.04. The molecule has 0 saturated heterocycles. The fourth-order valence-corrected chi connectivity index (χ4v) is 1.85. The highest BCUT2D eigenvalue weighted by atomic mass is 35.5. The number of rotatable bonds is 3. The SMILES string of the molecule is N#CC(Nc1ccc(F)cc1)c1ccccc1Cl. The fourth-order valence-electron chi connectivity index (χ4n) is 1.60. The second-order valence-electron chi connectivity index (χ2n) is 3.73. The Morgan fingerprint density at radius 1 is 1.11 bits per heavy atom. The van der Waals surface area contributed by atoms with Gasteiger partial charge < -0.3 is 5.32 Å². The molecule has 0 heterocycles. The molecule has 0 saturated carbocycles. The van der Waals surface area contributed by atoms with Crippen LogP contribution in [0.1, 0.15) is 11.6 Å². The van der Waals surface area contributed by atoms with Crippen LogP contribution in [0.25, 0.3) is 0 Å². The summed E-state index contributed by atoms with van der Waals surface area (Å²) in [6.07, 6.45) is 0. The highest BCUT2D eigenvalue weighted by Crippen LogP contribution is 2.25. The Morgan fingerprint density at radius 2 is 1.78 bits per heavy atom. The quantitative estimate of drug-likeness (QED) is 0.900. The monoisotopic (exact) mass is 260 g/mol. The Kier molecular flexibility index (Phi) is 3.81. The molecule has 0 radical (unpaired) electrons. The van der Waals surface area contributed by atoms with Crippen LogP contribution in [0.2, 0.25) is 5.02 Å². The smallest absolute Gasteiger partial charge is 0.141 e.